The fourth-order valence-electron chi connectivity index (χ4n) is 2.92. The molecular formula is C12H24N2O2S. The first-order valence-electron chi connectivity index (χ1n) is 6.78. The quantitative estimate of drug-likeness (QED) is 0.806. The van der Waals surface area contributed by atoms with Crippen LogP contribution in [0.4, 0.5) is 0 Å². The van der Waals surface area contributed by atoms with Gasteiger partial charge in [-0.25, -0.2) is 8.42 Å². The maximum atomic E-state index is 11.5. The van der Waals surface area contributed by atoms with E-state index < -0.39 is 9.84 Å². The van der Waals surface area contributed by atoms with E-state index in [2.05, 4.69) is 17.1 Å². The van der Waals surface area contributed by atoms with Crippen molar-refractivity contribution in [1.29, 1.82) is 0 Å². The first-order chi connectivity index (χ1) is 8.11. The molecule has 2 rings (SSSR count). The average molecular weight is 260 g/mol. The van der Waals surface area contributed by atoms with Crippen LogP contribution in [0.5, 0.6) is 0 Å². The van der Waals surface area contributed by atoms with Crippen LogP contribution >= 0.6 is 0 Å². The van der Waals surface area contributed by atoms with Gasteiger partial charge in [0.05, 0.1) is 11.5 Å². The highest BCUT2D eigenvalue weighted by Crippen LogP contribution is 2.21. The van der Waals surface area contributed by atoms with Crippen molar-refractivity contribution in [2.45, 2.75) is 44.7 Å². The van der Waals surface area contributed by atoms with Crippen molar-refractivity contribution in [1.82, 2.24) is 10.2 Å². The Morgan fingerprint density at radius 1 is 1.35 bits per heavy atom. The molecule has 0 radical (unpaired) electrons. The van der Waals surface area contributed by atoms with Crippen LogP contribution in [0.25, 0.3) is 0 Å². The molecule has 100 valence electrons. The lowest BCUT2D eigenvalue weighted by molar-refractivity contribution is 0.148. The number of hydrogen-bond donors (Lipinski definition) is 1. The van der Waals surface area contributed by atoms with Gasteiger partial charge in [-0.1, -0.05) is 6.92 Å². The molecular weight excluding hydrogens is 236 g/mol. The molecule has 2 aliphatic heterocycles. The lowest BCUT2D eigenvalue weighted by Crippen LogP contribution is -2.50. The van der Waals surface area contributed by atoms with Crippen LogP contribution < -0.4 is 5.32 Å². The molecule has 2 unspecified atom stereocenters. The predicted octanol–water partition coefficient (Wildman–Crippen LogP) is 0.638. The molecule has 2 atom stereocenters. The summed E-state index contributed by atoms with van der Waals surface area (Å²) in [5.74, 6) is 0.773. The predicted molar refractivity (Wildman–Crippen MR) is 69.9 cm³/mol. The van der Waals surface area contributed by atoms with Crippen LogP contribution in [0.2, 0.25) is 0 Å². The van der Waals surface area contributed by atoms with Crippen molar-refractivity contribution < 1.29 is 8.42 Å². The molecule has 0 spiro atoms. The largest absolute Gasteiger partial charge is 0.313 e. The van der Waals surface area contributed by atoms with Crippen molar-refractivity contribution in [3.05, 3.63) is 0 Å². The number of piperidine rings is 1. The highest BCUT2D eigenvalue weighted by molar-refractivity contribution is 7.91. The fraction of sp³-hybridized carbons (Fsp3) is 1.00. The Labute approximate surface area is 105 Å². The standard InChI is InChI=1S/C12H24N2O2S/c1-2-6-13-11-4-3-7-14(9-11)12-5-8-17(15,16)10-12/h11-13H,2-10H2,1H3. The number of nitrogens with zero attached hydrogens (tertiary/aromatic N) is 1. The topological polar surface area (TPSA) is 49.4 Å². The maximum absolute atomic E-state index is 11.5. The third-order valence-corrected chi connectivity index (χ3v) is 5.61. The second-order valence-electron chi connectivity index (χ2n) is 5.35. The molecule has 2 saturated heterocycles. The molecule has 2 aliphatic rings. The van der Waals surface area contributed by atoms with Gasteiger partial charge in [-0.3, -0.25) is 4.90 Å². The smallest absolute Gasteiger partial charge is 0.151 e. The van der Waals surface area contributed by atoms with Crippen LogP contribution in [0.3, 0.4) is 0 Å². The van der Waals surface area contributed by atoms with E-state index in [1.165, 1.54) is 12.8 Å². The van der Waals surface area contributed by atoms with Gasteiger partial charge in [0.1, 0.15) is 0 Å². The minimum absolute atomic E-state index is 0.284. The molecule has 0 aromatic carbocycles. The summed E-state index contributed by atoms with van der Waals surface area (Å²) in [6.07, 6.45) is 4.42. The van der Waals surface area contributed by atoms with Gasteiger partial charge in [0, 0.05) is 18.6 Å². The number of likely N-dealkylation sites (tertiary alicyclic amines) is 1. The van der Waals surface area contributed by atoms with E-state index in [1.807, 2.05) is 0 Å². The highest BCUT2D eigenvalue weighted by atomic mass is 32.2. The minimum atomic E-state index is -2.74. The molecule has 0 bridgehead atoms. The Bertz CT molecular complexity index is 342. The molecule has 0 aliphatic carbocycles. The van der Waals surface area contributed by atoms with Gasteiger partial charge in [-0.15, -0.1) is 0 Å². The lowest BCUT2D eigenvalue weighted by atomic mass is 10.0. The normalized spacial score (nSPS) is 33.9. The molecule has 5 heteroatoms. The Morgan fingerprint density at radius 2 is 2.18 bits per heavy atom. The number of nitrogens with one attached hydrogen (secondary N) is 1. The van der Waals surface area contributed by atoms with Gasteiger partial charge < -0.3 is 5.32 Å². The Kier molecular flexibility index (Phi) is 4.44. The second kappa shape index (κ2) is 5.67. The van der Waals surface area contributed by atoms with E-state index in [0.29, 0.717) is 17.5 Å². The summed E-state index contributed by atoms with van der Waals surface area (Å²) >= 11 is 0. The molecule has 17 heavy (non-hydrogen) atoms. The first kappa shape index (κ1) is 13.3. The lowest BCUT2D eigenvalue weighted by Gasteiger charge is -2.36. The van der Waals surface area contributed by atoms with E-state index in [9.17, 15) is 8.42 Å². The Balaban J connectivity index is 1.85. The van der Waals surface area contributed by atoms with Crippen molar-refractivity contribution in [3.8, 4) is 0 Å². The zero-order chi connectivity index (χ0) is 12.3. The second-order valence-corrected chi connectivity index (χ2v) is 7.57. The molecule has 0 saturated carbocycles. The molecule has 0 aromatic heterocycles. The zero-order valence-electron chi connectivity index (χ0n) is 10.7. The van der Waals surface area contributed by atoms with Crippen molar-refractivity contribution in [2.24, 2.45) is 0 Å². The van der Waals surface area contributed by atoms with Crippen LogP contribution in [0.15, 0.2) is 0 Å². The van der Waals surface area contributed by atoms with Crippen LogP contribution in [0.1, 0.15) is 32.6 Å². The number of hydrogen-bond acceptors (Lipinski definition) is 4. The SMILES string of the molecule is CCCNC1CCCN(C2CCS(=O)(=O)C2)C1. The number of sulfone groups is 1. The van der Waals surface area contributed by atoms with Gasteiger partial charge >= 0.3 is 0 Å². The summed E-state index contributed by atoms with van der Waals surface area (Å²) in [7, 11) is -2.74. The van der Waals surface area contributed by atoms with E-state index in [-0.39, 0.29) is 6.04 Å². The molecule has 2 fully saturated rings. The molecule has 4 nitrogen and oxygen atoms in total. The van der Waals surface area contributed by atoms with E-state index in [0.717, 1.165) is 32.5 Å². The highest BCUT2D eigenvalue weighted by Gasteiger charge is 2.34. The Hall–Kier alpha value is -0.130. The van der Waals surface area contributed by atoms with E-state index in [1.54, 1.807) is 0 Å². The summed E-state index contributed by atoms with van der Waals surface area (Å²) in [4.78, 5) is 2.39. The number of rotatable bonds is 4. The summed E-state index contributed by atoms with van der Waals surface area (Å²) < 4.78 is 23.0. The minimum Gasteiger partial charge on any atom is -0.313 e. The fourth-order valence-corrected chi connectivity index (χ4v) is 4.68. The summed E-state index contributed by atoms with van der Waals surface area (Å²) in [6.45, 7) is 5.35. The summed E-state index contributed by atoms with van der Waals surface area (Å²) in [5.41, 5.74) is 0. The first-order valence-corrected chi connectivity index (χ1v) is 8.61. The third kappa shape index (κ3) is 3.66. The average Bonchev–Trinajstić information content (AvgIpc) is 2.67. The van der Waals surface area contributed by atoms with Crippen LogP contribution in [0, 0.1) is 0 Å². The van der Waals surface area contributed by atoms with Gasteiger partial charge in [0.15, 0.2) is 9.84 Å². The zero-order valence-corrected chi connectivity index (χ0v) is 11.5. The summed E-state index contributed by atoms with van der Waals surface area (Å²) in [6, 6.07) is 0.846. The van der Waals surface area contributed by atoms with Crippen LogP contribution in [-0.4, -0.2) is 56.5 Å². The third-order valence-electron chi connectivity index (χ3n) is 3.86. The monoisotopic (exact) mass is 260 g/mol. The van der Waals surface area contributed by atoms with E-state index in [4.69, 9.17) is 0 Å². The van der Waals surface area contributed by atoms with Crippen molar-refractivity contribution in [2.75, 3.05) is 31.1 Å². The van der Waals surface area contributed by atoms with Gasteiger partial charge in [0.25, 0.3) is 0 Å². The molecule has 0 aromatic rings. The van der Waals surface area contributed by atoms with Gasteiger partial charge in [0.2, 0.25) is 0 Å². The van der Waals surface area contributed by atoms with E-state index >= 15 is 0 Å². The van der Waals surface area contributed by atoms with Gasteiger partial charge in [-0.05, 0) is 38.8 Å². The Morgan fingerprint density at radius 3 is 2.82 bits per heavy atom. The molecule has 0 amide bonds. The van der Waals surface area contributed by atoms with Gasteiger partial charge in [-0.2, -0.15) is 0 Å². The molecule has 1 N–H and O–H groups in total. The van der Waals surface area contributed by atoms with Crippen molar-refractivity contribution in [3.63, 3.8) is 0 Å². The summed E-state index contributed by atoms with van der Waals surface area (Å²) in [5, 5.41) is 3.55. The van der Waals surface area contributed by atoms with Crippen molar-refractivity contribution >= 4 is 9.84 Å². The molecule has 2 heterocycles. The van der Waals surface area contributed by atoms with Crippen LogP contribution in [-0.2, 0) is 9.84 Å². The maximum Gasteiger partial charge on any atom is 0.151 e.